The molecular formula is C85H112. The third-order valence-electron chi connectivity index (χ3n) is 36.0. The summed E-state index contributed by atoms with van der Waals surface area (Å²) >= 11 is 0. The summed E-state index contributed by atoms with van der Waals surface area (Å²) in [6.45, 7) is 0. The fraction of sp³-hybridized carbons (Fsp3) is 0.882. The first-order valence-corrected chi connectivity index (χ1v) is 39.5. The highest BCUT2D eigenvalue weighted by molar-refractivity contribution is 5.47. The molecule has 0 aliphatic heterocycles. The molecule has 8 unspecified atom stereocenters. The van der Waals surface area contributed by atoms with E-state index >= 15 is 0 Å². The van der Waals surface area contributed by atoms with Gasteiger partial charge in [0.05, 0.1) is 10.8 Å². The largest absolute Gasteiger partial charge is 0.102 e. The van der Waals surface area contributed by atoms with E-state index in [1.54, 1.807) is 6.42 Å². The average Bonchev–Trinajstić information content (AvgIpc) is 1.66. The summed E-state index contributed by atoms with van der Waals surface area (Å²) in [6.07, 6.45) is 61.6. The number of fused-ring (bicyclic) bond motifs is 26. The number of rotatable bonds is 4. The fourth-order valence-corrected chi connectivity index (χ4v) is 33.9. The van der Waals surface area contributed by atoms with Gasteiger partial charge < -0.3 is 0 Å². The van der Waals surface area contributed by atoms with Crippen LogP contribution >= 0.6 is 0 Å². The van der Waals surface area contributed by atoms with Gasteiger partial charge in [-0.3, -0.25) is 0 Å². The van der Waals surface area contributed by atoms with Crippen LogP contribution in [0.15, 0.2) is 0 Å². The summed E-state index contributed by atoms with van der Waals surface area (Å²) in [4.78, 5) is 0. The van der Waals surface area contributed by atoms with Crippen molar-refractivity contribution in [3.8, 4) is 59.2 Å². The topological polar surface area (TPSA) is 0 Å². The van der Waals surface area contributed by atoms with E-state index in [9.17, 15) is 0 Å². The molecule has 0 amide bonds. The lowest BCUT2D eigenvalue weighted by molar-refractivity contribution is -0.245. The van der Waals surface area contributed by atoms with Gasteiger partial charge >= 0.3 is 0 Å². The molecule has 0 nitrogen and oxygen atoms in total. The second-order valence-electron chi connectivity index (χ2n) is 36.8. The van der Waals surface area contributed by atoms with E-state index in [2.05, 4.69) is 35.5 Å². The van der Waals surface area contributed by atoms with Crippen molar-refractivity contribution in [1.82, 2.24) is 0 Å². The Balaban J connectivity index is 0.807. The van der Waals surface area contributed by atoms with Gasteiger partial charge in [0.2, 0.25) is 0 Å². The fourth-order valence-electron chi connectivity index (χ4n) is 33.9. The van der Waals surface area contributed by atoms with Crippen molar-refractivity contribution >= 4 is 0 Å². The second-order valence-corrected chi connectivity index (χ2v) is 36.8. The minimum atomic E-state index is -0.0433. The van der Waals surface area contributed by atoms with E-state index in [0.29, 0.717) is 41.4 Å². The Morgan fingerprint density at radius 3 is 1.13 bits per heavy atom. The van der Waals surface area contributed by atoms with Crippen molar-refractivity contribution in [3.63, 3.8) is 0 Å². The van der Waals surface area contributed by atoms with E-state index < -0.39 is 0 Å². The molecule has 15 fully saturated rings. The minimum absolute atomic E-state index is 0.00756. The Kier molecular flexibility index (Phi) is 12.5. The zero-order valence-electron chi connectivity index (χ0n) is 53.4. The zero-order chi connectivity index (χ0) is 55.4. The van der Waals surface area contributed by atoms with Crippen molar-refractivity contribution < 1.29 is 0 Å². The molecule has 0 N–H and O–H groups in total. The van der Waals surface area contributed by atoms with E-state index in [1.165, 1.54) is 263 Å². The Morgan fingerprint density at radius 1 is 0.224 bits per heavy atom. The lowest BCUT2D eigenvalue weighted by Crippen LogP contribution is -2.71. The smallest absolute Gasteiger partial charge is 0.0565 e. The SMILES string of the molecule is C1#C[C@@]2(C3C[C@H]4[C@@H](CCC5CCCC[C@@H]54)[C@@H]4CC#C[C@@]34[C@@]34C#CC[C@H]3[C@@H]3CCC5CCCC[C@@H]5[C@H]3CC4)C([C@@]34C#CC[C@H]3[C@@H]3CCC5CCCC[C@@H]5[C@H]3CC4[C@@]34C#CC[C@H]3[C@@H]3CCC5CCCC[C@@H]5[C@H]3CC4)C[C@H]3[C@@H](CCC4CCCC[C@@H]43)[C@@H]2C1. The van der Waals surface area contributed by atoms with Crippen molar-refractivity contribution in [2.45, 2.75) is 270 Å². The van der Waals surface area contributed by atoms with Gasteiger partial charge in [0.25, 0.3) is 0 Å². The second kappa shape index (κ2) is 19.9. The molecule has 452 valence electrons. The van der Waals surface area contributed by atoms with Crippen LogP contribution in [0.5, 0.6) is 0 Å². The summed E-state index contributed by atoms with van der Waals surface area (Å²) in [5, 5.41) is 0. The van der Waals surface area contributed by atoms with Crippen molar-refractivity contribution in [3.05, 3.63) is 0 Å². The highest BCUT2D eigenvalue weighted by Gasteiger charge is 2.80. The highest BCUT2D eigenvalue weighted by atomic mass is 14.8. The molecule has 20 aliphatic carbocycles. The molecule has 0 aromatic heterocycles. The lowest BCUT2D eigenvalue weighted by atomic mass is 9.28. The summed E-state index contributed by atoms with van der Waals surface area (Å²) < 4.78 is 0. The molecule has 0 bridgehead atoms. The minimum Gasteiger partial charge on any atom is -0.102 e. The van der Waals surface area contributed by atoms with E-state index in [1.807, 2.05) is 0 Å². The third-order valence-corrected chi connectivity index (χ3v) is 36.0. The van der Waals surface area contributed by atoms with Crippen molar-refractivity contribution in [1.29, 1.82) is 0 Å². The number of hydrogen-bond donors (Lipinski definition) is 0. The van der Waals surface area contributed by atoms with Gasteiger partial charge in [-0.15, -0.1) is 29.6 Å². The van der Waals surface area contributed by atoms with Gasteiger partial charge in [-0.2, -0.15) is 0 Å². The zero-order valence-corrected chi connectivity index (χ0v) is 53.4. The van der Waals surface area contributed by atoms with Crippen LogP contribution in [0.25, 0.3) is 0 Å². The molecule has 0 saturated heterocycles. The Labute approximate surface area is 518 Å². The summed E-state index contributed by atoms with van der Waals surface area (Å²) in [6, 6.07) is 0. The van der Waals surface area contributed by atoms with Gasteiger partial charge in [-0.05, 0) is 307 Å². The average molecular weight is 1130 g/mol. The van der Waals surface area contributed by atoms with Crippen LogP contribution in [-0.2, 0) is 0 Å². The van der Waals surface area contributed by atoms with Crippen LogP contribution < -0.4 is 0 Å². The van der Waals surface area contributed by atoms with Crippen molar-refractivity contribution in [2.75, 3.05) is 0 Å². The monoisotopic (exact) mass is 1130 g/mol. The molecule has 85 heavy (non-hydrogen) atoms. The standard InChI is InChI=1S/C85H112/c1-6-21-58-53(16-1)31-36-65-63(58)41-48-81(43-11-26-73(65)81)78-50-70-60-23-8-3-18-55(60)33-38-67(70)75-28-13-45-83(75,78)79-51-71-61-24-9-4-19-56(61)34-39-68(71)76-29-14-46-84(76,79)80-52-72-62-25-10-5-20-57(62)35-40-69(72)77-30-15-47-85(77,80)82-44-12-27-74(82)66-37-32-54-17-2-7-22-59(54)64(66)42-49-82/h53-80H,1-10,16-42,48-52H2/t53?,54?,55?,56?,57?,58-,59-,60-,61-,62-,63+,64+,65+,66+,67+,68+,69+,70+,71+,72+,73-,74-,75-,76-,77-,78?,79?,80?,81+,82+,83-,84-,85-/m0/s1. The van der Waals surface area contributed by atoms with E-state index in [4.69, 9.17) is 23.7 Å². The molecule has 33 atom stereocenters. The van der Waals surface area contributed by atoms with Crippen LogP contribution in [0.4, 0.5) is 0 Å². The van der Waals surface area contributed by atoms with Crippen LogP contribution in [-0.4, -0.2) is 0 Å². The Morgan fingerprint density at radius 2 is 0.588 bits per heavy atom. The molecule has 0 heteroatoms. The third kappa shape index (κ3) is 7.05. The van der Waals surface area contributed by atoms with E-state index in [0.717, 1.165) is 124 Å². The quantitative estimate of drug-likeness (QED) is 0.246. The molecular weight excluding hydrogens is 1020 g/mol. The predicted octanol–water partition coefficient (Wildman–Crippen LogP) is 19.8. The Bertz CT molecular complexity index is 3000. The van der Waals surface area contributed by atoms with Gasteiger partial charge in [-0.1, -0.05) is 126 Å². The molecule has 0 spiro atoms. The molecule has 0 heterocycles. The van der Waals surface area contributed by atoms with E-state index in [-0.39, 0.29) is 27.1 Å². The molecule has 0 radical (unpaired) electrons. The van der Waals surface area contributed by atoms with Gasteiger partial charge in [0.15, 0.2) is 0 Å². The number of hydrogen-bond acceptors (Lipinski definition) is 0. The van der Waals surface area contributed by atoms with Gasteiger partial charge in [-0.25, -0.2) is 0 Å². The predicted molar refractivity (Wildman–Crippen MR) is 343 cm³/mol. The first kappa shape index (κ1) is 53.5. The first-order valence-electron chi connectivity index (χ1n) is 39.5. The normalized spacial score (nSPS) is 59.7. The summed E-state index contributed by atoms with van der Waals surface area (Å²) in [5.41, 5.74) is 0.0907. The van der Waals surface area contributed by atoms with Crippen molar-refractivity contribution in [2.24, 2.45) is 193 Å². The molecule has 15 saturated carbocycles. The highest BCUT2D eigenvalue weighted by Crippen LogP contribution is 2.83. The maximum absolute atomic E-state index is 5.02. The van der Waals surface area contributed by atoms with Gasteiger partial charge in [0.1, 0.15) is 0 Å². The van der Waals surface area contributed by atoms with Gasteiger partial charge in [0, 0.05) is 48.3 Å². The molecule has 20 aliphatic rings. The van der Waals surface area contributed by atoms with Crippen LogP contribution in [0.3, 0.4) is 0 Å². The molecule has 20 rings (SSSR count). The first-order chi connectivity index (χ1) is 42.0. The summed E-state index contributed by atoms with van der Waals surface area (Å²) in [5.74, 6) is 69.8. The maximum Gasteiger partial charge on any atom is 0.0565 e. The molecule has 0 aromatic carbocycles. The molecule has 0 aromatic rings. The lowest BCUT2D eigenvalue weighted by Gasteiger charge is -2.73. The van der Waals surface area contributed by atoms with Crippen LogP contribution in [0, 0.1) is 252 Å². The Hall–Kier alpha value is -2.20. The maximum atomic E-state index is 5.02. The summed E-state index contributed by atoms with van der Waals surface area (Å²) in [7, 11) is 0. The van der Waals surface area contributed by atoms with Crippen LogP contribution in [0.1, 0.15) is 270 Å². The van der Waals surface area contributed by atoms with Crippen LogP contribution in [0.2, 0.25) is 0 Å².